The van der Waals surface area contributed by atoms with Crippen molar-refractivity contribution >= 4 is 28.9 Å². The Morgan fingerprint density at radius 3 is 2.94 bits per heavy atom. The number of nitrogens with zero attached hydrogens (tertiary/aromatic N) is 1. The molecule has 2 rings (SSSR count). The summed E-state index contributed by atoms with van der Waals surface area (Å²) in [6, 6.07) is 4.44. The van der Waals surface area contributed by atoms with Crippen LogP contribution in [-0.2, 0) is 5.75 Å². The van der Waals surface area contributed by atoms with Crippen molar-refractivity contribution in [2.75, 3.05) is 0 Å². The molecule has 1 aromatic carbocycles. The van der Waals surface area contributed by atoms with Crippen LogP contribution in [0.3, 0.4) is 0 Å². The minimum atomic E-state index is -0.368. The molecule has 2 aromatic rings. The molecule has 3 nitrogen and oxygen atoms in total. The summed E-state index contributed by atoms with van der Waals surface area (Å²) in [5.41, 5.74) is 6.56. The molecule has 0 aliphatic heterocycles. The van der Waals surface area contributed by atoms with Crippen molar-refractivity contribution in [3.63, 3.8) is 0 Å². The average molecular weight is 267 g/mol. The molecule has 0 aliphatic rings. The maximum Gasteiger partial charge on any atom is 0.150 e. The van der Waals surface area contributed by atoms with E-state index in [0.717, 1.165) is 9.90 Å². The van der Waals surface area contributed by atoms with Crippen LogP contribution in [0, 0.1) is 11.2 Å². The van der Waals surface area contributed by atoms with Gasteiger partial charge in [0.25, 0.3) is 0 Å². The van der Waals surface area contributed by atoms with Crippen molar-refractivity contribution in [2.45, 2.75) is 10.1 Å². The fraction of sp³-hybridized carbons (Fsp3) is 0.0909. The average Bonchev–Trinajstić information content (AvgIpc) is 2.78. The number of hydrogen-bond acceptors (Lipinski definition) is 4. The van der Waals surface area contributed by atoms with E-state index in [1.165, 1.54) is 23.9 Å². The third kappa shape index (κ3) is 3.28. The first-order valence-corrected chi connectivity index (χ1v) is 6.68. The summed E-state index contributed by atoms with van der Waals surface area (Å²) >= 11 is 3.09. The standard InChI is InChI=1S/C11H10FN3S2/c12-9-4-7(3-8(5-9)10(13)14)6-17-11-15-1-2-16-11/h1-5H,6H2,(H3,13,14). The van der Waals surface area contributed by atoms with Gasteiger partial charge >= 0.3 is 0 Å². The van der Waals surface area contributed by atoms with Crippen LogP contribution in [-0.4, -0.2) is 10.8 Å². The van der Waals surface area contributed by atoms with Crippen LogP contribution < -0.4 is 5.73 Å². The quantitative estimate of drug-likeness (QED) is 0.508. The summed E-state index contributed by atoms with van der Waals surface area (Å²) in [5.74, 6) is 0.128. The van der Waals surface area contributed by atoms with E-state index in [0.29, 0.717) is 11.3 Å². The van der Waals surface area contributed by atoms with E-state index in [1.54, 1.807) is 23.6 Å². The number of hydrogen-bond donors (Lipinski definition) is 2. The van der Waals surface area contributed by atoms with Gasteiger partial charge in [0.15, 0.2) is 0 Å². The predicted octanol–water partition coefficient (Wildman–Crippen LogP) is 2.86. The number of thiazole rings is 1. The number of nitrogen functional groups attached to an aromatic ring is 1. The normalized spacial score (nSPS) is 10.4. The van der Waals surface area contributed by atoms with E-state index in [4.69, 9.17) is 11.1 Å². The molecule has 1 heterocycles. The molecule has 17 heavy (non-hydrogen) atoms. The van der Waals surface area contributed by atoms with Gasteiger partial charge < -0.3 is 5.73 Å². The number of aromatic nitrogens is 1. The molecular weight excluding hydrogens is 257 g/mol. The van der Waals surface area contributed by atoms with E-state index in [9.17, 15) is 4.39 Å². The lowest BCUT2D eigenvalue weighted by atomic mass is 10.1. The highest BCUT2D eigenvalue weighted by Gasteiger charge is 2.04. The van der Waals surface area contributed by atoms with Gasteiger partial charge in [0.05, 0.1) is 0 Å². The van der Waals surface area contributed by atoms with Crippen LogP contribution >= 0.6 is 23.1 Å². The molecule has 0 atom stereocenters. The zero-order valence-corrected chi connectivity index (χ0v) is 10.4. The van der Waals surface area contributed by atoms with Gasteiger partial charge in [0.1, 0.15) is 16.0 Å². The monoisotopic (exact) mass is 267 g/mol. The van der Waals surface area contributed by atoms with E-state index >= 15 is 0 Å². The fourth-order valence-electron chi connectivity index (χ4n) is 1.32. The molecule has 0 fully saturated rings. The van der Waals surface area contributed by atoms with E-state index in [1.807, 2.05) is 5.38 Å². The van der Waals surface area contributed by atoms with E-state index in [2.05, 4.69) is 4.98 Å². The Morgan fingerprint density at radius 2 is 2.29 bits per heavy atom. The Hall–Kier alpha value is -1.40. The molecule has 3 N–H and O–H groups in total. The molecular formula is C11H10FN3S2. The maximum atomic E-state index is 13.3. The summed E-state index contributed by atoms with van der Waals surface area (Å²) in [6.45, 7) is 0. The molecule has 1 aromatic heterocycles. The molecule has 0 unspecified atom stereocenters. The number of nitrogens with two attached hydrogens (primary N) is 1. The Bertz CT molecular complexity index is 526. The second-order valence-corrected chi connectivity index (χ2v) is 5.47. The van der Waals surface area contributed by atoms with Crippen LogP contribution in [0.25, 0.3) is 0 Å². The van der Waals surface area contributed by atoms with Crippen LogP contribution in [0.2, 0.25) is 0 Å². The highest BCUT2D eigenvalue weighted by molar-refractivity contribution is 8.00. The van der Waals surface area contributed by atoms with Gasteiger partial charge in [-0.25, -0.2) is 9.37 Å². The zero-order valence-electron chi connectivity index (χ0n) is 8.81. The molecule has 6 heteroatoms. The van der Waals surface area contributed by atoms with Crippen molar-refractivity contribution in [1.29, 1.82) is 5.41 Å². The zero-order chi connectivity index (χ0) is 12.3. The molecule has 0 amide bonds. The number of nitrogens with one attached hydrogen (secondary N) is 1. The third-order valence-electron chi connectivity index (χ3n) is 2.04. The van der Waals surface area contributed by atoms with Gasteiger partial charge in [-0.05, 0) is 23.8 Å². The molecule has 0 saturated heterocycles. The largest absolute Gasteiger partial charge is 0.384 e. The SMILES string of the molecule is N=C(N)c1cc(F)cc(CSc2nccs2)c1. The predicted molar refractivity (Wildman–Crippen MR) is 69.1 cm³/mol. The van der Waals surface area contributed by atoms with E-state index in [-0.39, 0.29) is 11.7 Å². The number of amidine groups is 1. The maximum absolute atomic E-state index is 13.3. The Labute approximate surface area is 106 Å². The highest BCUT2D eigenvalue weighted by atomic mass is 32.2. The van der Waals surface area contributed by atoms with Crippen molar-refractivity contribution in [1.82, 2.24) is 4.98 Å². The smallest absolute Gasteiger partial charge is 0.150 e. The third-order valence-corrected chi connectivity index (χ3v) is 4.08. The molecule has 0 bridgehead atoms. The van der Waals surface area contributed by atoms with Crippen LogP contribution in [0.5, 0.6) is 0 Å². The van der Waals surface area contributed by atoms with Crippen LogP contribution in [0.1, 0.15) is 11.1 Å². The fourth-order valence-corrected chi connectivity index (χ4v) is 2.88. The summed E-state index contributed by atoms with van der Waals surface area (Å²) in [6.07, 6.45) is 1.74. The topological polar surface area (TPSA) is 62.8 Å². The summed E-state index contributed by atoms with van der Waals surface area (Å²) in [7, 11) is 0. The van der Waals surface area contributed by atoms with Crippen LogP contribution in [0.15, 0.2) is 34.1 Å². The number of halogens is 1. The molecule has 88 valence electrons. The first-order valence-electron chi connectivity index (χ1n) is 4.81. The summed E-state index contributed by atoms with van der Waals surface area (Å²) in [5, 5.41) is 9.19. The first kappa shape index (κ1) is 12.1. The second-order valence-electron chi connectivity index (χ2n) is 3.35. The molecule has 0 aliphatic carbocycles. The number of benzene rings is 1. The minimum absolute atomic E-state index is 0.120. The van der Waals surface area contributed by atoms with Gasteiger partial charge in [-0.15, -0.1) is 11.3 Å². The van der Waals surface area contributed by atoms with Gasteiger partial charge in [-0.1, -0.05) is 11.8 Å². The number of thioether (sulfide) groups is 1. The lowest BCUT2D eigenvalue weighted by Gasteiger charge is -2.04. The first-order chi connectivity index (χ1) is 8.15. The van der Waals surface area contributed by atoms with Gasteiger partial charge in [0, 0.05) is 22.9 Å². The molecule has 0 spiro atoms. The van der Waals surface area contributed by atoms with Crippen molar-refractivity contribution < 1.29 is 4.39 Å². The summed E-state index contributed by atoms with van der Waals surface area (Å²) in [4.78, 5) is 4.13. The molecule has 0 saturated carbocycles. The van der Waals surface area contributed by atoms with Crippen LogP contribution in [0.4, 0.5) is 4.39 Å². The Morgan fingerprint density at radius 1 is 1.47 bits per heavy atom. The van der Waals surface area contributed by atoms with E-state index < -0.39 is 0 Å². The van der Waals surface area contributed by atoms with Crippen molar-refractivity contribution in [3.8, 4) is 0 Å². The Kier molecular flexibility index (Phi) is 3.75. The lowest BCUT2D eigenvalue weighted by molar-refractivity contribution is 0.626. The Balaban J connectivity index is 2.13. The lowest BCUT2D eigenvalue weighted by Crippen LogP contribution is -2.11. The van der Waals surface area contributed by atoms with Crippen molar-refractivity contribution in [2.24, 2.45) is 5.73 Å². The number of rotatable bonds is 4. The minimum Gasteiger partial charge on any atom is -0.384 e. The van der Waals surface area contributed by atoms with Gasteiger partial charge in [-0.3, -0.25) is 5.41 Å². The van der Waals surface area contributed by atoms with Gasteiger partial charge in [0.2, 0.25) is 0 Å². The second kappa shape index (κ2) is 5.29. The molecule has 0 radical (unpaired) electrons. The summed E-state index contributed by atoms with van der Waals surface area (Å²) < 4.78 is 14.2. The van der Waals surface area contributed by atoms with Gasteiger partial charge in [-0.2, -0.15) is 0 Å². The highest BCUT2D eigenvalue weighted by Crippen LogP contribution is 2.25. The van der Waals surface area contributed by atoms with Crippen molar-refractivity contribution in [3.05, 3.63) is 46.7 Å².